The highest BCUT2D eigenvalue weighted by atomic mass is 127. The minimum absolute atomic E-state index is 0. The fraction of sp³-hybridized carbons (Fsp3) is 0.789. The van der Waals surface area contributed by atoms with Crippen LogP contribution in [0.25, 0.3) is 0 Å². The van der Waals surface area contributed by atoms with Crippen LogP contribution >= 0.6 is 24.0 Å². The van der Waals surface area contributed by atoms with Crippen molar-refractivity contribution in [2.24, 2.45) is 10.4 Å². The second kappa shape index (κ2) is 11.1. The molecule has 2 N–H and O–H groups in total. The molecule has 1 aliphatic carbocycles. The molecule has 0 saturated heterocycles. The van der Waals surface area contributed by atoms with E-state index < -0.39 is 0 Å². The van der Waals surface area contributed by atoms with Gasteiger partial charge in [-0.05, 0) is 38.5 Å². The van der Waals surface area contributed by atoms with E-state index in [4.69, 9.17) is 9.26 Å². The summed E-state index contributed by atoms with van der Waals surface area (Å²) >= 11 is 0. The van der Waals surface area contributed by atoms with E-state index in [-0.39, 0.29) is 24.0 Å². The van der Waals surface area contributed by atoms with Gasteiger partial charge in [0, 0.05) is 45.3 Å². The van der Waals surface area contributed by atoms with E-state index in [1.165, 1.54) is 31.2 Å². The van der Waals surface area contributed by atoms with Gasteiger partial charge >= 0.3 is 0 Å². The molecule has 0 amide bonds. The van der Waals surface area contributed by atoms with Gasteiger partial charge in [0.1, 0.15) is 5.76 Å². The summed E-state index contributed by atoms with van der Waals surface area (Å²) in [4.78, 5) is 4.38. The second-order valence-electron chi connectivity index (χ2n) is 7.40. The SMILES string of the molecule is CN=C(NCC(C)c1c(C)noc1C)NCC1(CCOC)CCCC1.I. The zero-order chi connectivity index (χ0) is 18.3. The predicted octanol–water partition coefficient (Wildman–Crippen LogP) is 3.77. The fourth-order valence-electron chi connectivity index (χ4n) is 4.00. The average molecular weight is 478 g/mol. The van der Waals surface area contributed by atoms with E-state index in [0.29, 0.717) is 11.3 Å². The molecule has 0 aromatic carbocycles. The Morgan fingerprint density at radius 3 is 2.54 bits per heavy atom. The van der Waals surface area contributed by atoms with Gasteiger partial charge in [0.15, 0.2) is 5.96 Å². The summed E-state index contributed by atoms with van der Waals surface area (Å²) in [6.07, 6.45) is 6.30. The molecule has 0 spiro atoms. The Labute approximate surface area is 174 Å². The van der Waals surface area contributed by atoms with Gasteiger partial charge in [0.05, 0.1) is 5.69 Å². The molecule has 6 nitrogen and oxygen atoms in total. The van der Waals surface area contributed by atoms with Crippen molar-refractivity contribution < 1.29 is 9.26 Å². The topological polar surface area (TPSA) is 71.7 Å². The van der Waals surface area contributed by atoms with Crippen LogP contribution in [0, 0.1) is 19.3 Å². The minimum Gasteiger partial charge on any atom is -0.385 e. The molecule has 0 bridgehead atoms. The molecule has 1 heterocycles. The van der Waals surface area contributed by atoms with Gasteiger partial charge in [-0.3, -0.25) is 4.99 Å². The third-order valence-electron chi connectivity index (χ3n) is 5.51. The number of rotatable bonds is 8. The number of aromatic nitrogens is 1. The Morgan fingerprint density at radius 1 is 1.31 bits per heavy atom. The van der Waals surface area contributed by atoms with Crippen LogP contribution in [0.3, 0.4) is 0 Å². The van der Waals surface area contributed by atoms with E-state index in [1.807, 2.05) is 20.9 Å². The van der Waals surface area contributed by atoms with Crippen LogP contribution in [0.15, 0.2) is 9.52 Å². The van der Waals surface area contributed by atoms with Gasteiger partial charge in [-0.1, -0.05) is 24.9 Å². The van der Waals surface area contributed by atoms with Crippen molar-refractivity contribution >= 4 is 29.9 Å². The summed E-state index contributed by atoms with van der Waals surface area (Å²) in [6, 6.07) is 0. The zero-order valence-electron chi connectivity index (χ0n) is 16.9. The number of halogens is 1. The maximum absolute atomic E-state index is 5.32. The summed E-state index contributed by atoms with van der Waals surface area (Å²) in [5.74, 6) is 2.08. The molecule has 1 saturated carbocycles. The maximum atomic E-state index is 5.32. The Kier molecular flexibility index (Phi) is 9.92. The van der Waals surface area contributed by atoms with Crippen molar-refractivity contribution in [1.82, 2.24) is 15.8 Å². The Bertz CT molecular complexity index is 548. The number of hydrogen-bond donors (Lipinski definition) is 2. The molecule has 1 aliphatic rings. The lowest BCUT2D eigenvalue weighted by atomic mass is 9.83. The Hall–Kier alpha value is -0.830. The van der Waals surface area contributed by atoms with Crippen LogP contribution in [0.5, 0.6) is 0 Å². The van der Waals surface area contributed by atoms with Crippen LogP contribution in [0.4, 0.5) is 0 Å². The number of nitrogens with zero attached hydrogens (tertiary/aromatic N) is 2. The number of ether oxygens (including phenoxy) is 1. The van der Waals surface area contributed by atoms with Gasteiger partial charge in [0.2, 0.25) is 0 Å². The van der Waals surface area contributed by atoms with Gasteiger partial charge in [-0.25, -0.2) is 0 Å². The smallest absolute Gasteiger partial charge is 0.191 e. The largest absolute Gasteiger partial charge is 0.385 e. The van der Waals surface area contributed by atoms with Crippen LogP contribution in [0.1, 0.15) is 62.0 Å². The first kappa shape index (κ1) is 23.2. The van der Waals surface area contributed by atoms with Crippen molar-refractivity contribution in [1.29, 1.82) is 0 Å². The minimum atomic E-state index is 0. The van der Waals surface area contributed by atoms with Crippen molar-refractivity contribution in [2.45, 2.75) is 58.8 Å². The normalized spacial score (nSPS) is 17.7. The lowest BCUT2D eigenvalue weighted by molar-refractivity contribution is 0.138. The van der Waals surface area contributed by atoms with E-state index in [9.17, 15) is 0 Å². The molecule has 1 atom stereocenters. The van der Waals surface area contributed by atoms with Crippen LogP contribution < -0.4 is 10.6 Å². The van der Waals surface area contributed by atoms with E-state index in [2.05, 4.69) is 27.7 Å². The zero-order valence-corrected chi connectivity index (χ0v) is 19.2. The number of nitrogens with one attached hydrogen (secondary N) is 2. The van der Waals surface area contributed by atoms with Crippen molar-refractivity contribution in [3.05, 3.63) is 17.0 Å². The molecule has 0 aliphatic heterocycles. The number of guanidine groups is 1. The molecule has 150 valence electrons. The molecule has 7 heteroatoms. The molecule has 1 aromatic heterocycles. The molecular weight excluding hydrogens is 443 g/mol. The fourth-order valence-corrected chi connectivity index (χ4v) is 4.00. The second-order valence-corrected chi connectivity index (χ2v) is 7.40. The third kappa shape index (κ3) is 6.11. The third-order valence-corrected chi connectivity index (χ3v) is 5.51. The molecule has 26 heavy (non-hydrogen) atoms. The Balaban J connectivity index is 0.00000338. The first-order valence-corrected chi connectivity index (χ1v) is 9.37. The average Bonchev–Trinajstić information content (AvgIpc) is 3.20. The Morgan fingerprint density at radius 2 is 2.00 bits per heavy atom. The van der Waals surface area contributed by atoms with Crippen LogP contribution in [-0.4, -0.2) is 45.0 Å². The number of methoxy groups -OCH3 is 1. The first-order chi connectivity index (χ1) is 12.0. The molecule has 1 unspecified atom stereocenters. The molecule has 1 aromatic rings. The highest BCUT2D eigenvalue weighted by molar-refractivity contribution is 14.0. The quantitative estimate of drug-likeness (QED) is 0.338. The summed E-state index contributed by atoms with van der Waals surface area (Å²) in [7, 11) is 3.61. The predicted molar refractivity (Wildman–Crippen MR) is 117 cm³/mol. The first-order valence-electron chi connectivity index (χ1n) is 9.37. The maximum Gasteiger partial charge on any atom is 0.191 e. The molecule has 2 rings (SSSR count). The van der Waals surface area contributed by atoms with Crippen molar-refractivity contribution in [3.63, 3.8) is 0 Å². The van der Waals surface area contributed by atoms with Gasteiger partial charge < -0.3 is 19.9 Å². The summed E-state index contributed by atoms with van der Waals surface area (Å²) < 4.78 is 10.6. The number of hydrogen-bond acceptors (Lipinski definition) is 4. The molecule has 0 radical (unpaired) electrons. The van der Waals surface area contributed by atoms with Gasteiger partial charge in [-0.2, -0.15) is 0 Å². The highest BCUT2D eigenvalue weighted by Gasteiger charge is 2.33. The molecule has 1 fully saturated rings. The highest BCUT2D eigenvalue weighted by Crippen LogP contribution is 2.40. The van der Waals surface area contributed by atoms with E-state index in [1.54, 1.807) is 7.11 Å². The standard InChI is InChI=1S/C19H34N4O2.HI/c1-14(17-15(2)23-25-16(17)3)12-21-18(20-4)22-13-19(10-11-24-5)8-6-7-9-19;/h14H,6-13H2,1-5H3,(H2,20,21,22);1H. The van der Waals surface area contributed by atoms with Crippen LogP contribution in [0.2, 0.25) is 0 Å². The number of aliphatic imine (C=N–C) groups is 1. The summed E-state index contributed by atoms with van der Waals surface area (Å²) in [5, 5.41) is 11.0. The van der Waals surface area contributed by atoms with Crippen molar-refractivity contribution in [2.75, 3.05) is 33.9 Å². The monoisotopic (exact) mass is 478 g/mol. The lowest BCUT2D eigenvalue weighted by Crippen LogP contribution is -2.44. The van der Waals surface area contributed by atoms with E-state index >= 15 is 0 Å². The van der Waals surface area contributed by atoms with Crippen molar-refractivity contribution in [3.8, 4) is 0 Å². The lowest BCUT2D eigenvalue weighted by Gasteiger charge is -2.30. The van der Waals surface area contributed by atoms with Gasteiger partial charge in [-0.15, -0.1) is 24.0 Å². The van der Waals surface area contributed by atoms with Crippen LogP contribution in [-0.2, 0) is 4.74 Å². The molecular formula is C19H35IN4O2. The van der Waals surface area contributed by atoms with Gasteiger partial charge in [0.25, 0.3) is 0 Å². The van der Waals surface area contributed by atoms with E-state index in [0.717, 1.165) is 43.5 Å². The summed E-state index contributed by atoms with van der Waals surface area (Å²) in [5.41, 5.74) is 2.51. The summed E-state index contributed by atoms with van der Waals surface area (Å²) in [6.45, 7) is 8.73. The number of aryl methyl sites for hydroxylation is 2.